The zero-order valence-corrected chi connectivity index (χ0v) is 17.6. The van der Waals surface area contributed by atoms with E-state index in [0.717, 1.165) is 0 Å². The van der Waals surface area contributed by atoms with Crippen LogP contribution in [-0.4, -0.2) is 44.0 Å². The van der Waals surface area contributed by atoms with Crippen LogP contribution in [0.2, 0.25) is 0 Å². The lowest BCUT2D eigenvalue weighted by Gasteiger charge is -2.06. The van der Waals surface area contributed by atoms with Crippen LogP contribution in [0.4, 0.5) is 0 Å². The third-order valence-electron chi connectivity index (χ3n) is 5.00. The van der Waals surface area contributed by atoms with Crippen LogP contribution in [0.25, 0.3) is 11.3 Å². The number of aliphatic imine (C=N–C) groups is 1. The Morgan fingerprint density at radius 3 is 2.58 bits per heavy atom. The summed E-state index contributed by atoms with van der Waals surface area (Å²) in [6, 6.07) is 10.4. The average Bonchev–Trinajstić information content (AvgIpc) is 3.33. The summed E-state index contributed by atoms with van der Waals surface area (Å²) in [6.45, 7) is 3.02. The van der Waals surface area contributed by atoms with E-state index in [1.54, 1.807) is 37.3 Å². The maximum Gasteiger partial charge on any atom is 0.336 e. The van der Waals surface area contributed by atoms with Crippen molar-refractivity contribution in [2.75, 3.05) is 0 Å². The van der Waals surface area contributed by atoms with Crippen molar-refractivity contribution in [2.45, 2.75) is 20.0 Å². The van der Waals surface area contributed by atoms with Gasteiger partial charge in [-0.05, 0) is 49.3 Å². The van der Waals surface area contributed by atoms with E-state index in [4.69, 9.17) is 10.4 Å². The van der Waals surface area contributed by atoms with E-state index in [1.807, 2.05) is 12.1 Å². The molecule has 0 bridgehead atoms. The molecule has 4 N–H and O–H groups in total. The van der Waals surface area contributed by atoms with Crippen molar-refractivity contribution in [1.29, 1.82) is 10.5 Å². The molecule has 0 radical (unpaired) electrons. The second kappa shape index (κ2) is 9.18. The number of aliphatic hydroxyl groups is 1. The molecule has 1 aromatic carbocycles. The Kier molecular flexibility index (Phi) is 6.38. The first-order chi connectivity index (χ1) is 15.7. The number of allylic oxidation sites excluding steroid dienone is 5. The van der Waals surface area contributed by atoms with Gasteiger partial charge in [0.15, 0.2) is 12.0 Å². The normalized spacial score (nSPS) is 14.9. The number of nitriles is 2. The summed E-state index contributed by atoms with van der Waals surface area (Å²) in [5.74, 6) is -2.35. The molecular weight excluding hydrogens is 424 g/mol. The second-order valence-electron chi connectivity index (χ2n) is 7.14. The van der Waals surface area contributed by atoms with E-state index < -0.39 is 18.0 Å². The number of amides is 1. The summed E-state index contributed by atoms with van der Waals surface area (Å²) in [6.07, 6.45) is 2.41. The van der Waals surface area contributed by atoms with Crippen molar-refractivity contribution in [1.82, 2.24) is 4.98 Å². The van der Waals surface area contributed by atoms with Gasteiger partial charge in [0.25, 0.3) is 5.91 Å². The summed E-state index contributed by atoms with van der Waals surface area (Å²) in [7, 11) is 0. The second-order valence-corrected chi connectivity index (χ2v) is 7.14. The number of nitrogens with one attached hydrogen (secondary N) is 1. The van der Waals surface area contributed by atoms with Crippen molar-refractivity contribution in [3.63, 3.8) is 0 Å². The number of hydrogen-bond donors (Lipinski definition) is 4. The van der Waals surface area contributed by atoms with Gasteiger partial charge in [-0.2, -0.15) is 10.5 Å². The largest absolute Gasteiger partial charge is 0.494 e. The summed E-state index contributed by atoms with van der Waals surface area (Å²) in [5.41, 5.74) is 2.02. The standard InChI is InChI=1S/C24H18N4O5/c1-3-15(9-14(11-26)7-12(2)21(29)24(32)33)19-17-18(23(31)27-19)20(28-22(17)30)16-6-4-5-13(8-16)10-25/h3-9,21,28-30H,1-2H3,(H,32,33)/b12-7+,14-9+,15-3+. The Morgan fingerprint density at radius 2 is 1.97 bits per heavy atom. The van der Waals surface area contributed by atoms with E-state index in [1.165, 1.54) is 19.1 Å². The van der Waals surface area contributed by atoms with Crippen LogP contribution in [0.15, 0.2) is 64.2 Å². The summed E-state index contributed by atoms with van der Waals surface area (Å²) < 4.78 is 0. The smallest absolute Gasteiger partial charge is 0.336 e. The number of aromatic nitrogens is 1. The van der Waals surface area contributed by atoms with E-state index >= 15 is 0 Å². The molecule has 0 fully saturated rings. The van der Waals surface area contributed by atoms with Crippen LogP contribution < -0.4 is 0 Å². The fourth-order valence-corrected chi connectivity index (χ4v) is 3.40. The highest BCUT2D eigenvalue weighted by atomic mass is 16.4. The molecule has 164 valence electrons. The third-order valence-corrected chi connectivity index (χ3v) is 5.00. The van der Waals surface area contributed by atoms with Crippen LogP contribution in [0.5, 0.6) is 5.88 Å². The summed E-state index contributed by atoms with van der Waals surface area (Å²) in [4.78, 5) is 30.5. The number of hydrogen-bond acceptors (Lipinski definition) is 6. The van der Waals surface area contributed by atoms with Crippen LogP contribution in [0.3, 0.4) is 0 Å². The molecule has 1 aliphatic heterocycles. The molecule has 2 heterocycles. The summed E-state index contributed by atoms with van der Waals surface area (Å²) in [5, 5.41) is 47.8. The number of benzene rings is 1. The zero-order chi connectivity index (χ0) is 24.3. The number of fused-ring (bicyclic) bond motifs is 1. The molecule has 1 aliphatic rings. The number of aromatic amines is 1. The van der Waals surface area contributed by atoms with E-state index in [9.17, 15) is 25.1 Å². The van der Waals surface area contributed by atoms with Gasteiger partial charge in [0.1, 0.15) is 0 Å². The molecule has 2 aromatic rings. The van der Waals surface area contributed by atoms with Gasteiger partial charge >= 0.3 is 5.97 Å². The number of carboxylic acids is 1. The molecular formula is C24H18N4O5. The van der Waals surface area contributed by atoms with Gasteiger partial charge in [-0.1, -0.05) is 18.2 Å². The Balaban J connectivity index is 2.08. The molecule has 1 amide bonds. The molecule has 0 aliphatic carbocycles. The fourth-order valence-electron chi connectivity index (χ4n) is 3.40. The zero-order valence-electron chi connectivity index (χ0n) is 17.6. The number of H-pyrrole nitrogens is 1. The Hall–Kier alpha value is -4.73. The monoisotopic (exact) mass is 442 g/mol. The summed E-state index contributed by atoms with van der Waals surface area (Å²) >= 11 is 0. The highest BCUT2D eigenvalue weighted by Crippen LogP contribution is 2.38. The van der Waals surface area contributed by atoms with E-state index in [0.29, 0.717) is 22.4 Å². The van der Waals surface area contributed by atoms with Gasteiger partial charge in [0.2, 0.25) is 0 Å². The van der Waals surface area contributed by atoms with Gasteiger partial charge < -0.3 is 20.3 Å². The predicted octanol–water partition coefficient (Wildman–Crippen LogP) is 2.99. The minimum atomic E-state index is -1.77. The number of carboxylic acid groups (broad SMARTS) is 1. The van der Waals surface area contributed by atoms with Crippen LogP contribution in [0, 0.1) is 22.7 Å². The highest BCUT2D eigenvalue weighted by molar-refractivity contribution is 6.31. The molecule has 1 atom stereocenters. The van der Waals surface area contributed by atoms with Crippen molar-refractivity contribution in [2.24, 2.45) is 4.99 Å². The number of carbonyl (C=O) groups is 2. The van der Waals surface area contributed by atoms with Gasteiger partial charge in [-0.15, -0.1) is 0 Å². The third kappa shape index (κ3) is 4.35. The average molecular weight is 442 g/mol. The Morgan fingerprint density at radius 1 is 1.24 bits per heavy atom. The number of rotatable bonds is 6. The van der Waals surface area contributed by atoms with Gasteiger partial charge in [-0.3, -0.25) is 4.79 Å². The highest BCUT2D eigenvalue weighted by Gasteiger charge is 2.33. The Bertz CT molecular complexity index is 1380. The molecule has 0 spiro atoms. The van der Waals surface area contributed by atoms with Crippen LogP contribution >= 0.6 is 0 Å². The van der Waals surface area contributed by atoms with Crippen molar-refractivity contribution in [3.8, 4) is 29.3 Å². The number of aliphatic hydroxyl groups excluding tert-OH is 1. The minimum Gasteiger partial charge on any atom is -0.494 e. The SMILES string of the molecule is C\C=C(/C=C(C#N)\C=C(/C)C(O)C(=O)O)C1=NC(=O)c2c(-c3cccc(C#N)c3)[nH]c(O)c21. The molecule has 0 saturated heterocycles. The first-order valence-corrected chi connectivity index (χ1v) is 9.68. The van der Waals surface area contributed by atoms with Gasteiger partial charge in [0, 0.05) is 5.56 Å². The Labute approximate surface area is 188 Å². The van der Waals surface area contributed by atoms with Gasteiger partial charge in [0.05, 0.1) is 45.8 Å². The predicted molar refractivity (Wildman–Crippen MR) is 118 cm³/mol. The van der Waals surface area contributed by atoms with Crippen molar-refractivity contribution < 1.29 is 24.9 Å². The number of carbonyl (C=O) groups excluding carboxylic acids is 1. The number of aliphatic carboxylic acids is 1. The lowest BCUT2D eigenvalue weighted by atomic mass is 9.97. The molecule has 0 saturated carbocycles. The van der Waals surface area contributed by atoms with Crippen LogP contribution in [0.1, 0.15) is 35.3 Å². The molecule has 1 aromatic heterocycles. The quantitative estimate of drug-likeness (QED) is 0.393. The van der Waals surface area contributed by atoms with Crippen LogP contribution in [-0.2, 0) is 4.79 Å². The molecule has 33 heavy (non-hydrogen) atoms. The van der Waals surface area contributed by atoms with E-state index in [-0.39, 0.29) is 33.9 Å². The molecule has 9 heteroatoms. The first-order valence-electron chi connectivity index (χ1n) is 9.68. The number of nitrogens with zero attached hydrogens (tertiary/aromatic N) is 3. The molecule has 1 unspecified atom stereocenters. The molecule has 3 rings (SSSR count). The maximum atomic E-state index is 12.7. The number of aromatic hydroxyl groups is 1. The first kappa shape index (κ1) is 22.9. The topological polar surface area (TPSA) is 171 Å². The van der Waals surface area contributed by atoms with Gasteiger partial charge in [-0.25, -0.2) is 9.79 Å². The van der Waals surface area contributed by atoms with Crippen molar-refractivity contribution >= 4 is 17.6 Å². The maximum absolute atomic E-state index is 12.7. The minimum absolute atomic E-state index is 0.0152. The lowest BCUT2D eigenvalue weighted by molar-refractivity contribution is -0.144. The van der Waals surface area contributed by atoms with Crippen molar-refractivity contribution in [3.05, 3.63) is 75.9 Å². The fraction of sp³-hybridized carbons (Fsp3) is 0.125. The lowest BCUT2D eigenvalue weighted by Crippen LogP contribution is -2.20. The van der Waals surface area contributed by atoms with E-state index in [2.05, 4.69) is 9.98 Å². The molecule has 9 nitrogen and oxygen atoms in total.